The van der Waals surface area contributed by atoms with Crippen molar-refractivity contribution in [1.82, 2.24) is 0 Å². The molecule has 0 fully saturated rings. The van der Waals surface area contributed by atoms with E-state index in [0.29, 0.717) is 17.2 Å². The molecular formula is C22H20FNO3. The predicted molar refractivity (Wildman–Crippen MR) is 103 cm³/mol. The van der Waals surface area contributed by atoms with Gasteiger partial charge in [0.1, 0.15) is 11.5 Å². The molecule has 0 aromatic heterocycles. The molecule has 4 nitrogen and oxygen atoms in total. The van der Waals surface area contributed by atoms with Crippen LogP contribution < -0.4 is 14.4 Å². The summed E-state index contributed by atoms with van der Waals surface area (Å²) in [5, 5.41) is 0. The van der Waals surface area contributed by atoms with Gasteiger partial charge in [0.25, 0.3) is 5.91 Å². The second kappa shape index (κ2) is 8.85. The van der Waals surface area contributed by atoms with E-state index in [-0.39, 0.29) is 6.54 Å². The Morgan fingerprint density at radius 3 is 2.22 bits per heavy atom. The van der Waals surface area contributed by atoms with Gasteiger partial charge in [-0.15, -0.1) is 0 Å². The molecule has 3 aromatic rings. The third kappa shape index (κ3) is 4.64. The summed E-state index contributed by atoms with van der Waals surface area (Å²) < 4.78 is 24.3. The number of hydrogen-bond acceptors (Lipinski definition) is 3. The molecule has 0 heterocycles. The largest absolute Gasteiger partial charge is 0.497 e. The second-order valence-corrected chi connectivity index (χ2v) is 5.84. The standard InChI is InChI=1S/C22H20FNO3/c1-26-18-13-11-17(12-14-18)16-24(22(25)15-23)20-9-5-6-10-21(20)27-19-7-3-2-4-8-19/h2-14H,15-16H2,1H3. The maximum atomic E-state index is 13.3. The molecule has 0 unspecified atom stereocenters. The number of ether oxygens (including phenoxy) is 2. The first-order valence-electron chi connectivity index (χ1n) is 8.52. The van der Waals surface area contributed by atoms with Crippen LogP contribution in [0.2, 0.25) is 0 Å². The summed E-state index contributed by atoms with van der Waals surface area (Å²) in [7, 11) is 1.59. The first-order valence-corrected chi connectivity index (χ1v) is 8.52. The smallest absolute Gasteiger partial charge is 0.258 e. The maximum Gasteiger partial charge on any atom is 0.258 e. The Morgan fingerprint density at radius 1 is 0.889 bits per heavy atom. The third-order valence-corrected chi connectivity index (χ3v) is 4.04. The van der Waals surface area contributed by atoms with Gasteiger partial charge in [-0.1, -0.05) is 42.5 Å². The molecule has 1 amide bonds. The van der Waals surface area contributed by atoms with Gasteiger partial charge in [0.15, 0.2) is 12.4 Å². The van der Waals surface area contributed by atoms with Crippen LogP contribution in [0.15, 0.2) is 78.9 Å². The highest BCUT2D eigenvalue weighted by Crippen LogP contribution is 2.33. The minimum atomic E-state index is -1.09. The van der Waals surface area contributed by atoms with E-state index < -0.39 is 12.6 Å². The SMILES string of the molecule is COc1ccc(CN(C(=O)CF)c2ccccc2Oc2ccccc2)cc1. The minimum Gasteiger partial charge on any atom is -0.497 e. The fourth-order valence-corrected chi connectivity index (χ4v) is 2.68. The molecule has 5 heteroatoms. The fraction of sp³-hybridized carbons (Fsp3) is 0.136. The Morgan fingerprint density at radius 2 is 1.56 bits per heavy atom. The van der Waals surface area contributed by atoms with Crippen LogP contribution in [0, 0.1) is 0 Å². The van der Waals surface area contributed by atoms with Gasteiger partial charge in [-0.3, -0.25) is 4.79 Å². The number of halogens is 1. The highest BCUT2D eigenvalue weighted by molar-refractivity contribution is 5.95. The van der Waals surface area contributed by atoms with Crippen molar-refractivity contribution in [2.45, 2.75) is 6.54 Å². The van der Waals surface area contributed by atoms with Gasteiger partial charge in [-0.25, -0.2) is 4.39 Å². The van der Waals surface area contributed by atoms with Gasteiger partial charge in [-0.05, 0) is 42.0 Å². The Labute approximate surface area is 157 Å². The molecule has 0 N–H and O–H groups in total. The number of carbonyl (C=O) groups excluding carboxylic acids is 1. The van der Waals surface area contributed by atoms with Crippen LogP contribution in [0.5, 0.6) is 17.2 Å². The molecule has 0 aliphatic carbocycles. The number of rotatable bonds is 7. The fourth-order valence-electron chi connectivity index (χ4n) is 2.68. The minimum absolute atomic E-state index is 0.224. The van der Waals surface area contributed by atoms with E-state index in [2.05, 4.69) is 0 Å². The Balaban J connectivity index is 1.91. The number of carbonyl (C=O) groups is 1. The van der Waals surface area contributed by atoms with Gasteiger partial charge in [-0.2, -0.15) is 0 Å². The van der Waals surface area contributed by atoms with Crippen LogP contribution in [0.25, 0.3) is 0 Å². The summed E-state index contributed by atoms with van der Waals surface area (Å²) >= 11 is 0. The van der Waals surface area contributed by atoms with Crippen molar-refractivity contribution in [2.24, 2.45) is 0 Å². The molecule has 0 aliphatic heterocycles. The summed E-state index contributed by atoms with van der Waals surface area (Å²) in [6.45, 7) is -0.863. The molecule has 0 bridgehead atoms. The summed E-state index contributed by atoms with van der Waals surface area (Å²) in [6.07, 6.45) is 0. The summed E-state index contributed by atoms with van der Waals surface area (Å²) in [6, 6.07) is 23.7. The molecule has 0 atom stereocenters. The van der Waals surface area contributed by atoms with Gasteiger partial charge in [0.05, 0.1) is 19.3 Å². The number of nitrogens with zero attached hydrogens (tertiary/aromatic N) is 1. The lowest BCUT2D eigenvalue weighted by Gasteiger charge is -2.24. The Hall–Kier alpha value is -3.34. The van der Waals surface area contributed by atoms with E-state index in [0.717, 1.165) is 11.3 Å². The van der Waals surface area contributed by atoms with Crippen molar-refractivity contribution < 1.29 is 18.7 Å². The number of amides is 1. The van der Waals surface area contributed by atoms with E-state index in [1.807, 2.05) is 48.5 Å². The molecule has 0 spiro atoms. The second-order valence-electron chi connectivity index (χ2n) is 5.84. The average molecular weight is 365 g/mol. The summed E-state index contributed by atoms with van der Waals surface area (Å²) in [5.41, 5.74) is 1.37. The lowest BCUT2D eigenvalue weighted by molar-refractivity contribution is -0.119. The van der Waals surface area contributed by atoms with Crippen molar-refractivity contribution in [3.63, 3.8) is 0 Å². The van der Waals surface area contributed by atoms with E-state index in [4.69, 9.17) is 9.47 Å². The normalized spacial score (nSPS) is 10.3. The summed E-state index contributed by atoms with van der Waals surface area (Å²) in [5.74, 6) is 1.21. The topological polar surface area (TPSA) is 38.8 Å². The van der Waals surface area contributed by atoms with Gasteiger partial charge in [0, 0.05) is 0 Å². The van der Waals surface area contributed by atoms with Gasteiger partial charge >= 0.3 is 0 Å². The zero-order valence-corrected chi connectivity index (χ0v) is 15.0. The summed E-state index contributed by atoms with van der Waals surface area (Å²) in [4.78, 5) is 13.7. The van der Waals surface area contributed by atoms with Crippen LogP contribution in [0.4, 0.5) is 10.1 Å². The van der Waals surface area contributed by atoms with E-state index >= 15 is 0 Å². The Bertz CT molecular complexity index is 882. The number of hydrogen-bond donors (Lipinski definition) is 0. The highest BCUT2D eigenvalue weighted by atomic mass is 19.1. The first kappa shape index (κ1) is 18.5. The molecule has 27 heavy (non-hydrogen) atoms. The third-order valence-electron chi connectivity index (χ3n) is 4.04. The molecule has 138 valence electrons. The van der Waals surface area contributed by atoms with Crippen LogP contribution in [0.1, 0.15) is 5.56 Å². The van der Waals surface area contributed by atoms with Crippen molar-refractivity contribution in [2.75, 3.05) is 18.7 Å². The number of para-hydroxylation sites is 3. The van der Waals surface area contributed by atoms with E-state index in [9.17, 15) is 9.18 Å². The van der Waals surface area contributed by atoms with Crippen LogP contribution in [0.3, 0.4) is 0 Å². The first-order chi connectivity index (χ1) is 13.2. The van der Waals surface area contributed by atoms with Crippen molar-refractivity contribution in [3.8, 4) is 17.2 Å². The van der Waals surface area contributed by atoms with Crippen molar-refractivity contribution in [3.05, 3.63) is 84.4 Å². The molecule has 3 rings (SSSR count). The molecule has 3 aromatic carbocycles. The molecule has 0 saturated heterocycles. The van der Waals surface area contributed by atoms with Crippen molar-refractivity contribution >= 4 is 11.6 Å². The number of alkyl halides is 1. The quantitative estimate of drug-likeness (QED) is 0.592. The molecule has 0 radical (unpaired) electrons. The van der Waals surface area contributed by atoms with Crippen LogP contribution >= 0.6 is 0 Å². The number of methoxy groups -OCH3 is 1. The van der Waals surface area contributed by atoms with E-state index in [1.54, 1.807) is 37.4 Å². The number of anilines is 1. The maximum absolute atomic E-state index is 13.3. The number of benzene rings is 3. The zero-order valence-electron chi connectivity index (χ0n) is 15.0. The van der Waals surface area contributed by atoms with E-state index in [1.165, 1.54) is 4.90 Å². The lowest BCUT2D eigenvalue weighted by Crippen LogP contribution is -2.31. The average Bonchev–Trinajstić information content (AvgIpc) is 2.73. The van der Waals surface area contributed by atoms with Crippen LogP contribution in [-0.2, 0) is 11.3 Å². The Kier molecular flexibility index (Phi) is 6.05. The van der Waals surface area contributed by atoms with Crippen molar-refractivity contribution in [1.29, 1.82) is 0 Å². The molecular weight excluding hydrogens is 345 g/mol. The highest BCUT2D eigenvalue weighted by Gasteiger charge is 2.20. The van der Waals surface area contributed by atoms with Gasteiger partial charge < -0.3 is 14.4 Å². The lowest BCUT2D eigenvalue weighted by atomic mass is 10.1. The zero-order chi connectivity index (χ0) is 19.1. The molecule has 0 saturated carbocycles. The monoisotopic (exact) mass is 365 g/mol. The van der Waals surface area contributed by atoms with Gasteiger partial charge in [0.2, 0.25) is 0 Å². The van der Waals surface area contributed by atoms with Crippen LogP contribution in [-0.4, -0.2) is 19.7 Å². The predicted octanol–water partition coefficient (Wildman–Crippen LogP) is 4.99. The molecule has 0 aliphatic rings.